The van der Waals surface area contributed by atoms with Crippen LogP contribution in [0.25, 0.3) is 0 Å². The highest BCUT2D eigenvalue weighted by atomic mass is 16.5. The van der Waals surface area contributed by atoms with Crippen molar-refractivity contribution in [1.29, 1.82) is 0 Å². The zero-order valence-corrected chi connectivity index (χ0v) is 19.5. The molecule has 1 aliphatic heterocycles. The van der Waals surface area contributed by atoms with E-state index in [9.17, 15) is 4.79 Å². The first kappa shape index (κ1) is 21.9. The number of carbonyl (C=O) groups is 1. The number of carbonyl (C=O) groups excluding carboxylic acids is 1. The van der Waals surface area contributed by atoms with Crippen LogP contribution in [-0.4, -0.2) is 27.1 Å². The van der Waals surface area contributed by atoms with Crippen molar-refractivity contribution in [1.82, 2.24) is 0 Å². The minimum Gasteiger partial charge on any atom is -0.497 e. The molecule has 2 aliphatic rings. The zero-order chi connectivity index (χ0) is 23.7. The van der Waals surface area contributed by atoms with Crippen molar-refractivity contribution in [3.05, 3.63) is 89.6 Å². The summed E-state index contributed by atoms with van der Waals surface area (Å²) in [6.45, 7) is 0. The molecule has 3 aromatic carbocycles. The number of hydrogen-bond donors (Lipinski definition) is 2. The number of ketones is 1. The lowest BCUT2D eigenvalue weighted by Gasteiger charge is -2.32. The highest BCUT2D eigenvalue weighted by Gasteiger charge is 2.40. The van der Waals surface area contributed by atoms with E-state index in [0.29, 0.717) is 17.9 Å². The van der Waals surface area contributed by atoms with Gasteiger partial charge in [0.05, 0.1) is 44.7 Å². The summed E-state index contributed by atoms with van der Waals surface area (Å²) < 4.78 is 16.3. The van der Waals surface area contributed by atoms with E-state index in [1.54, 1.807) is 21.3 Å². The summed E-state index contributed by atoms with van der Waals surface area (Å²) in [5.74, 6) is 1.91. The molecule has 0 fully saturated rings. The maximum Gasteiger partial charge on any atom is 0.161 e. The van der Waals surface area contributed by atoms with Crippen LogP contribution in [0.1, 0.15) is 29.5 Å². The maximum absolute atomic E-state index is 13.7. The van der Waals surface area contributed by atoms with Crippen LogP contribution < -0.4 is 24.8 Å². The van der Waals surface area contributed by atoms with Gasteiger partial charge in [-0.15, -0.1) is 0 Å². The normalized spacial score (nSPS) is 21.1. The number of allylic oxidation sites excluding steroid dienone is 1. The quantitative estimate of drug-likeness (QED) is 0.525. The van der Waals surface area contributed by atoms with E-state index in [1.807, 2.05) is 66.7 Å². The molecule has 0 saturated heterocycles. The van der Waals surface area contributed by atoms with Crippen molar-refractivity contribution in [3.8, 4) is 17.2 Å². The third-order valence-electron chi connectivity index (χ3n) is 6.64. The monoisotopic (exact) mass is 456 g/mol. The minimum atomic E-state index is -0.361. The van der Waals surface area contributed by atoms with Crippen molar-refractivity contribution in [2.75, 3.05) is 32.0 Å². The third kappa shape index (κ3) is 3.96. The standard InChI is InChI=1S/C28H28N2O4/c1-32-20-11-8-17(9-12-20)19-14-23-27(24(31)15-19)28(30-22-7-5-4-6-21(22)29-23)18-10-13-25(33-2)26(16-18)34-3/h4-14,16,19,27-30H,15H2,1-3H3. The summed E-state index contributed by atoms with van der Waals surface area (Å²) in [5, 5.41) is 7.19. The summed E-state index contributed by atoms with van der Waals surface area (Å²) in [6, 6.07) is 21.5. The van der Waals surface area contributed by atoms with Gasteiger partial charge in [-0.2, -0.15) is 0 Å². The van der Waals surface area contributed by atoms with Crippen LogP contribution in [0.3, 0.4) is 0 Å². The molecule has 34 heavy (non-hydrogen) atoms. The highest BCUT2D eigenvalue weighted by molar-refractivity contribution is 5.90. The van der Waals surface area contributed by atoms with E-state index in [2.05, 4.69) is 16.7 Å². The second kappa shape index (κ2) is 9.14. The molecule has 0 spiro atoms. The molecule has 3 atom stereocenters. The fourth-order valence-corrected chi connectivity index (χ4v) is 4.89. The first-order valence-electron chi connectivity index (χ1n) is 11.3. The Hall–Kier alpha value is -3.93. The number of methoxy groups -OCH3 is 3. The van der Waals surface area contributed by atoms with Crippen LogP contribution in [0.15, 0.2) is 78.5 Å². The third-order valence-corrected chi connectivity index (χ3v) is 6.64. The van der Waals surface area contributed by atoms with Gasteiger partial charge in [-0.3, -0.25) is 4.79 Å². The summed E-state index contributed by atoms with van der Waals surface area (Å²) in [4.78, 5) is 13.7. The average molecular weight is 457 g/mol. The van der Waals surface area contributed by atoms with Gasteiger partial charge in [0, 0.05) is 18.0 Å². The Morgan fingerprint density at radius 3 is 2.21 bits per heavy atom. The molecule has 6 heteroatoms. The number of benzene rings is 3. The van der Waals surface area contributed by atoms with Crippen LogP contribution in [0.5, 0.6) is 17.2 Å². The fraction of sp³-hybridized carbons (Fsp3) is 0.250. The number of nitrogens with one attached hydrogen (secondary N) is 2. The van der Waals surface area contributed by atoms with Crippen LogP contribution >= 0.6 is 0 Å². The van der Waals surface area contributed by atoms with Crippen molar-refractivity contribution < 1.29 is 19.0 Å². The van der Waals surface area contributed by atoms with Gasteiger partial charge >= 0.3 is 0 Å². The summed E-state index contributed by atoms with van der Waals surface area (Å²) in [7, 11) is 4.89. The zero-order valence-electron chi connectivity index (χ0n) is 19.5. The first-order valence-corrected chi connectivity index (χ1v) is 11.3. The second-order valence-corrected chi connectivity index (χ2v) is 8.56. The Labute approximate surface area is 199 Å². The van der Waals surface area contributed by atoms with Gasteiger partial charge in [0.1, 0.15) is 11.5 Å². The molecule has 2 N–H and O–H groups in total. The van der Waals surface area contributed by atoms with Gasteiger partial charge in [0.2, 0.25) is 0 Å². The lowest BCUT2D eigenvalue weighted by molar-refractivity contribution is -0.122. The molecule has 1 heterocycles. The molecule has 0 amide bonds. The number of para-hydroxylation sites is 2. The number of anilines is 2. The van der Waals surface area contributed by atoms with E-state index in [0.717, 1.165) is 33.9 Å². The van der Waals surface area contributed by atoms with Gasteiger partial charge in [-0.1, -0.05) is 36.4 Å². The summed E-state index contributed by atoms with van der Waals surface area (Å²) in [6.07, 6.45) is 2.63. The molecule has 3 aromatic rings. The Kier molecular flexibility index (Phi) is 5.88. The number of ether oxygens (including phenoxy) is 3. The van der Waals surface area contributed by atoms with E-state index in [4.69, 9.17) is 14.2 Å². The van der Waals surface area contributed by atoms with Gasteiger partial charge in [0.15, 0.2) is 11.5 Å². The first-order chi connectivity index (χ1) is 16.6. The molecule has 0 saturated carbocycles. The van der Waals surface area contributed by atoms with E-state index < -0.39 is 0 Å². The maximum atomic E-state index is 13.7. The van der Waals surface area contributed by atoms with Crippen LogP contribution in [-0.2, 0) is 4.79 Å². The van der Waals surface area contributed by atoms with Gasteiger partial charge in [-0.25, -0.2) is 0 Å². The molecule has 1 aliphatic carbocycles. The molecule has 5 rings (SSSR count). The molecule has 3 unspecified atom stereocenters. The minimum absolute atomic E-state index is 0.00604. The molecular weight excluding hydrogens is 428 g/mol. The SMILES string of the molecule is COc1ccc(C2C=C3Nc4ccccc4NC(c4ccc(OC)c(OC)c4)C3C(=O)C2)cc1. The van der Waals surface area contributed by atoms with Crippen molar-refractivity contribution >= 4 is 17.2 Å². The molecule has 174 valence electrons. The largest absolute Gasteiger partial charge is 0.497 e. The molecule has 6 nitrogen and oxygen atoms in total. The smallest absolute Gasteiger partial charge is 0.161 e. The summed E-state index contributed by atoms with van der Waals surface area (Å²) in [5.41, 5.74) is 4.86. The fourth-order valence-electron chi connectivity index (χ4n) is 4.89. The molecule has 0 radical (unpaired) electrons. The van der Waals surface area contributed by atoms with Gasteiger partial charge < -0.3 is 24.8 Å². The van der Waals surface area contributed by atoms with Crippen LogP contribution in [0.4, 0.5) is 11.4 Å². The summed E-state index contributed by atoms with van der Waals surface area (Å²) >= 11 is 0. The lowest BCUT2D eigenvalue weighted by atomic mass is 9.76. The topological polar surface area (TPSA) is 68.8 Å². The van der Waals surface area contributed by atoms with E-state index in [1.165, 1.54) is 0 Å². The molecule has 0 bridgehead atoms. The second-order valence-electron chi connectivity index (χ2n) is 8.56. The van der Waals surface area contributed by atoms with Crippen LogP contribution in [0, 0.1) is 5.92 Å². The van der Waals surface area contributed by atoms with E-state index >= 15 is 0 Å². The number of rotatable bonds is 5. The predicted octanol–water partition coefficient (Wildman–Crippen LogP) is 5.55. The molecule has 0 aromatic heterocycles. The average Bonchev–Trinajstić information content (AvgIpc) is 3.05. The van der Waals surface area contributed by atoms with Crippen molar-refractivity contribution in [2.24, 2.45) is 5.92 Å². The Balaban J connectivity index is 1.59. The Morgan fingerprint density at radius 2 is 1.50 bits per heavy atom. The van der Waals surface area contributed by atoms with Gasteiger partial charge in [0.25, 0.3) is 0 Å². The van der Waals surface area contributed by atoms with Crippen LogP contribution in [0.2, 0.25) is 0 Å². The van der Waals surface area contributed by atoms with E-state index in [-0.39, 0.29) is 23.7 Å². The Morgan fingerprint density at radius 1 is 0.794 bits per heavy atom. The van der Waals surface area contributed by atoms with Gasteiger partial charge in [-0.05, 0) is 47.5 Å². The predicted molar refractivity (Wildman–Crippen MR) is 133 cm³/mol. The Bertz CT molecular complexity index is 1240. The lowest BCUT2D eigenvalue weighted by Crippen LogP contribution is -2.33. The van der Waals surface area contributed by atoms with Crippen molar-refractivity contribution in [3.63, 3.8) is 0 Å². The number of fused-ring (bicyclic) bond motifs is 2. The number of hydrogen-bond acceptors (Lipinski definition) is 6. The molecular formula is C28H28N2O4. The highest BCUT2D eigenvalue weighted by Crippen LogP contribution is 2.45. The number of Topliss-reactive ketones (excluding diaryl/α,β-unsaturated/α-hetero) is 1. The van der Waals surface area contributed by atoms with Crippen molar-refractivity contribution in [2.45, 2.75) is 18.4 Å².